The Morgan fingerprint density at radius 2 is 2.00 bits per heavy atom. The zero-order valence-corrected chi connectivity index (χ0v) is 14.4. The SMILES string of the molecule is CCC(C)C(NC(=O)COC(=O)c1c(F)cccc1Cl)C(=O)OC. The molecule has 0 aromatic heterocycles. The van der Waals surface area contributed by atoms with E-state index in [9.17, 15) is 18.8 Å². The van der Waals surface area contributed by atoms with E-state index in [1.54, 1.807) is 6.92 Å². The molecule has 0 aliphatic heterocycles. The first kappa shape index (κ1) is 19.9. The Morgan fingerprint density at radius 1 is 1.33 bits per heavy atom. The molecule has 2 atom stereocenters. The van der Waals surface area contributed by atoms with E-state index in [1.165, 1.54) is 19.2 Å². The molecule has 8 heteroatoms. The number of carbonyl (C=O) groups is 3. The highest BCUT2D eigenvalue weighted by Gasteiger charge is 2.27. The third kappa shape index (κ3) is 5.19. The van der Waals surface area contributed by atoms with E-state index in [2.05, 4.69) is 10.1 Å². The van der Waals surface area contributed by atoms with Gasteiger partial charge in [0.2, 0.25) is 0 Å². The van der Waals surface area contributed by atoms with Crippen LogP contribution in [0.4, 0.5) is 4.39 Å². The van der Waals surface area contributed by atoms with E-state index >= 15 is 0 Å². The molecule has 1 aromatic carbocycles. The average molecular weight is 360 g/mol. The summed E-state index contributed by atoms with van der Waals surface area (Å²) in [6.07, 6.45) is 0.630. The highest BCUT2D eigenvalue weighted by molar-refractivity contribution is 6.33. The van der Waals surface area contributed by atoms with E-state index in [0.717, 1.165) is 6.07 Å². The Kier molecular flexibility index (Phi) is 7.64. The molecular formula is C16H19ClFNO5. The van der Waals surface area contributed by atoms with E-state index in [4.69, 9.17) is 16.3 Å². The van der Waals surface area contributed by atoms with Gasteiger partial charge in [-0.3, -0.25) is 4.79 Å². The topological polar surface area (TPSA) is 81.7 Å². The largest absolute Gasteiger partial charge is 0.467 e. The van der Waals surface area contributed by atoms with Gasteiger partial charge in [-0.1, -0.05) is 37.9 Å². The van der Waals surface area contributed by atoms with Crippen molar-refractivity contribution < 1.29 is 28.2 Å². The summed E-state index contributed by atoms with van der Waals surface area (Å²) in [6, 6.07) is 2.87. The summed E-state index contributed by atoms with van der Waals surface area (Å²) in [4.78, 5) is 35.4. The van der Waals surface area contributed by atoms with Crippen molar-refractivity contribution in [1.82, 2.24) is 5.32 Å². The number of nitrogens with one attached hydrogen (secondary N) is 1. The highest BCUT2D eigenvalue weighted by Crippen LogP contribution is 2.19. The van der Waals surface area contributed by atoms with Crippen molar-refractivity contribution in [3.63, 3.8) is 0 Å². The van der Waals surface area contributed by atoms with Crippen molar-refractivity contribution in [2.75, 3.05) is 13.7 Å². The van der Waals surface area contributed by atoms with Gasteiger partial charge in [-0.15, -0.1) is 0 Å². The zero-order chi connectivity index (χ0) is 18.3. The van der Waals surface area contributed by atoms with E-state index in [1.807, 2.05) is 6.92 Å². The number of hydrogen-bond donors (Lipinski definition) is 1. The van der Waals surface area contributed by atoms with Crippen molar-refractivity contribution in [1.29, 1.82) is 0 Å². The second-order valence-electron chi connectivity index (χ2n) is 5.13. The Labute approximate surface area is 144 Å². The first-order chi connectivity index (χ1) is 11.3. The molecule has 0 aliphatic rings. The number of hydrogen-bond acceptors (Lipinski definition) is 5. The number of halogens is 2. The van der Waals surface area contributed by atoms with Gasteiger partial charge >= 0.3 is 11.9 Å². The third-order valence-electron chi connectivity index (χ3n) is 3.49. The second-order valence-corrected chi connectivity index (χ2v) is 5.53. The summed E-state index contributed by atoms with van der Waals surface area (Å²) in [5, 5.41) is 2.32. The molecule has 2 unspecified atom stereocenters. The summed E-state index contributed by atoms with van der Waals surface area (Å²) in [7, 11) is 1.21. The van der Waals surface area contributed by atoms with Gasteiger partial charge in [0, 0.05) is 0 Å². The maximum absolute atomic E-state index is 13.6. The first-order valence-corrected chi connectivity index (χ1v) is 7.67. The van der Waals surface area contributed by atoms with Crippen LogP contribution in [0.2, 0.25) is 5.02 Å². The van der Waals surface area contributed by atoms with Gasteiger partial charge in [-0.2, -0.15) is 0 Å². The lowest BCUT2D eigenvalue weighted by atomic mass is 9.99. The van der Waals surface area contributed by atoms with Crippen LogP contribution in [0.5, 0.6) is 0 Å². The fraction of sp³-hybridized carbons (Fsp3) is 0.438. The molecule has 6 nitrogen and oxygen atoms in total. The minimum absolute atomic E-state index is 0.118. The molecule has 0 saturated carbocycles. The predicted molar refractivity (Wildman–Crippen MR) is 85.1 cm³/mol. The van der Waals surface area contributed by atoms with Crippen LogP contribution in [-0.4, -0.2) is 37.6 Å². The summed E-state index contributed by atoms with van der Waals surface area (Å²) < 4.78 is 23.0. The molecule has 1 N–H and O–H groups in total. The molecule has 0 spiro atoms. The minimum atomic E-state index is -1.06. The molecule has 0 saturated heterocycles. The van der Waals surface area contributed by atoms with Crippen LogP contribution in [0, 0.1) is 11.7 Å². The Balaban J connectivity index is 2.68. The highest BCUT2D eigenvalue weighted by atomic mass is 35.5. The summed E-state index contributed by atoms with van der Waals surface area (Å²) in [5.41, 5.74) is -0.446. The van der Waals surface area contributed by atoms with Crippen molar-refractivity contribution >= 4 is 29.4 Å². The molecule has 0 radical (unpaired) electrons. The number of amides is 1. The van der Waals surface area contributed by atoms with E-state index < -0.39 is 41.9 Å². The second kappa shape index (κ2) is 9.22. The summed E-state index contributed by atoms with van der Waals surface area (Å²) in [6.45, 7) is 2.95. The van der Waals surface area contributed by atoms with Crippen LogP contribution < -0.4 is 5.32 Å². The summed E-state index contributed by atoms with van der Waals surface area (Å²) >= 11 is 5.74. The van der Waals surface area contributed by atoms with E-state index in [-0.39, 0.29) is 10.9 Å². The number of methoxy groups -OCH3 is 1. The van der Waals surface area contributed by atoms with Crippen LogP contribution >= 0.6 is 11.6 Å². The van der Waals surface area contributed by atoms with Gasteiger partial charge < -0.3 is 14.8 Å². The van der Waals surface area contributed by atoms with Crippen LogP contribution in [-0.2, 0) is 19.1 Å². The Morgan fingerprint density at radius 3 is 2.54 bits per heavy atom. The van der Waals surface area contributed by atoms with Crippen molar-refractivity contribution in [2.45, 2.75) is 26.3 Å². The standard InChI is InChI=1S/C16H19ClFNO5/c1-4-9(2)14(16(22)23-3)19-12(20)8-24-15(21)13-10(17)6-5-7-11(13)18/h5-7,9,14H,4,8H2,1-3H3,(H,19,20). The zero-order valence-electron chi connectivity index (χ0n) is 13.6. The molecule has 1 aromatic rings. The molecule has 24 heavy (non-hydrogen) atoms. The maximum Gasteiger partial charge on any atom is 0.343 e. The van der Waals surface area contributed by atoms with Crippen LogP contribution in [0.3, 0.4) is 0 Å². The number of benzene rings is 1. The van der Waals surface area contributed by atoms with Crippen molar-refractivity contribution in [3.05, 3.63) is 34.6 Å². The van der Waals surface area contributed by atoms with Gasteiger partial charge in [0.05, 0.1) is 12.1 Å². The van der Waals surface area contributed by atoms with Crippen LogP contribution in [0.1, 0.15) is 30.6 Å². The lowest BCUT2D eigenvalue weighted by Gasteiger charge is -2.21. The normalized spacial score (nSPS) is 12.9. The minimum Gasteiger partial charge on any atom is -0.467 e. The first-order valence-electron chi connectivity index (χ1n) is 7.30. The molecule has 132 valence electrons. The number of esters is 2. The molecule has 0 fully saturated rings. The van der Waals surface area contributed by atoms with Crippen molar-refractivity contribution in [2.24, 2.45) is 5.92 Å². The number of carbonyl (C=O) groups excluding carboxylic acids is 3. The van der Waals surface area contributed by atoms with Gasteiger partial charge in [-0.25, -0.2) is 14.0 Å². The molecule has 1 amide bonds. The molecule has 0 bridgehead atoms. The fourth-order valence-corrected chi connectivity index (χ4v) is 2.15. The van der Waals surface area contributed by atoms with Gasteiger partial charge in [0.1, 0.15) is 17.4 Å². The van der Waals surface area contributed by atoms with Gasteiger partial charge in [0.25, 0.3) is 5.91 Å². The lowest BCUT2D eigenvalue weighted by Crippen LogP contribution is -2.47. The molecule has 0 heterocycles. The number of rotatable bonds is 7. The Hall–Kier alpha value is -2.15. The molecule has 1 rings (SSSR count). The number of ether oxygens (including phenoxy) is 2. The monoisotopic (exact) mass is 359 g/mol. The van der Waals surface area contributed by atoms with Crippen molar-refractivity contribution in [3.8, 4) is 0 Å². The van der Waals surface area contributed by atoms with Crippen LogP contribution in [0.15, 0.2) is 18.2 Å². The maximum atomic E-state index is 13.6. The Bertz CT molecular complexity index is 602. The predicted octanol–water partition coefficient (Wildman–Crippen LogP) is 2.34. The van der Waals surface area contributed by atoms with Gasteiger partial charge in [-0.05, 0) is 18.1 Å². The van der Waals surface area contributed by atoms with Crippen LogP contribution in [0.25, 0.3) is 0 Å². The smallest absolute Gasteiger partial charge is 0.343 e. The average Bonchev–Trinajstić information content (AvgIpc) is 2.56. The lowest BCUT2D eigenvalue weighted by molar-refractivity contribution is -0.147. The fourth-order valence-electron chi connectivity index (χ4n) is 1.91. The summed E-state index contributed by atoms with van der Waals surface area (Å²) in [5.74, 6) is -3.38. The third-order valence-corrected chi connectivity index (χ3v) is 3.80. The van der Waals surface area contributed by atoms with E-state index in [0.29, 0.717) is 6.42 Å². The molecule has 0 aliphatic carbocycles. The molecular weight excluding hydrogens is 341 g/mol. The van der Waals surface area contributed by atoms with Gasteiger partial charge in [0.15, 0.2) is 6.61 Å². The quantitative estimate of drug-likeness (QED) is 0.756.